The Bertz CT molecular complexity index is 270. The molecule has 2 rings (SSSR count). The maximum absolute atomic E-state index is 11.4. The molecule has 0 aromatic heterocycles. The highest BCUT2D eigenvalue weighted by Crippen LogP contribution is 2.51. The largest absolute Gasteiger partial charge is 0.389 e. The summed E-state index contributed by atoms with van der Waals surface area (Å²) in [6.07, 6.45) is 9.98. The predicted molar refractivity (Wildman–Crippen MR) is 77.5 cm³/mol. The molecule has 106 valence electrons. The zero-order chi connectivity index (χ0) is 13.4. The molecule has 2 atom stereocenters. The monoisotopic (exact) mass is 252 g/mol. The third-order valence-electron chi connectivity index (χ3n) is 5.69. The van der Waals surface area contributed by atoms with Crippen molar-refractivity contribution in [3.05, 3.63) is 0 Å². The van der Waals surface area contributed by atoms with Crippen molar-refractivity contribution in [2.24, 2.45) is 23.2 Å². The Hall–Kier alpha value is -0.0400. The van der Waals surface area contributed by atoms with E-state index in [1.807, 2.05) is 0 Å². The van der Waals surface area contributed by atoms with Gasteiger partial charge >= 0.3 is 0 Å². The van der Waals surface area contributed by atoms with Gasteiger partial charge in [-0.1, -0.05) is 53.4 Å². The van der Waals surface area contributed by atoms with Crippen LogP contribution in [0.5, 0.6) is 0 Å². The first-order valence-electron chi connectivity index (χ1n) is 8.06. The maximum atomic E-state index is 11.4. The van der Waals surface area contributed by atoms with Crippen LogP contribution in [0.15, 0.2) is 0 Å². The summed E-state index contributed by atoms with van der Waals surface area (Å²) in [6.45, 7) is 9.32. The SMILES string of the molecule is CC1CCC(C2(O)CCCCC2C(C)(C)C)CC1. The summed E-state index contributed by atoms with van der Waals surface area (Å²) in [6, 6.07) is 0. The van der Waals surface area contributed by atoms with Gasteiger partial charge in [0.25, 0.3) is 0 Å². The van der Waals surface area contributed by atoms with Gasteiger partial charge in [0.15, 0.2) is 0 Å². The molecule has 18 heavy (non-hydrogen) atoms. The summed E-state index contributed by atoms with van der Waals surface area (Å²) in [4.78, 5) is 0. The molecule has 1 nitrogen and oxygen atoms in total. The molecule has 0 heterocycles. The minimum Gasteiger partial charge on any atom is -0.389 e. The maximum Gasteiger partial charge on any atom is 0.0708 e. The summed E-state index contributed by atoms with van der Waals surface area (Å²) in [5.41, 5.74) is -0.116. The lowest BCUT2D eigenvalue weighted by atomic mass is 9.57. The predicted octanol–water partition coefficient (Wildman–Crippen LogP) is 4.78. The highest BCUT2D eigenvalue weighted by Gasteiger charge is 2.49. The molecule has 2 unspecified atom stereocenters. The molecular formula is C17H32O. The molecule has 2 fully saturated rings. The molecule has 2 aliphatic rings. The van der Waals surface area contributed by atoms with Gasteiger partial charge in [-0.05, 0) is 48.9 Å². The van der Waals surface area contributed by atoms with Crippen molar-refractivity contribution in [1.82, 2.24) is 0 Å². The summed E-state index contributed by atoms with van der Waals surface area (Å²) >= 11 is 0. The van der Waals surface area contributed by atoms with Crippen LogP contribution >= 0.6 is 0 Å². The topological polar surface area (TPSA) is 20.2 Å². The normalized spacial score (nSPS) is 42.8. The molecule has 0 radical (unpaired) electrons. The minimum absolute atomic E-state index is 0.248. The van der Waals surface area contributed by atoms with Crippen molar-refractivity contribution in [1.29, 1.82) is 0 Å². The lowest BCUT2D eigenvalue weighted by Gasteiger charge is -2.52. The van der Waals surface area contributed by atoms with Crippen LogP contribution in [0, 0.1) is 23.2 Å². The molecule has 1 N–H and O–H groups in total. The molecule has 1 heteroatoms. The fourth-order valence-electron chi connectivity index (χ4n) is 4.61. The van der Waals surface area contributed by atoms with Crippen molar-refractivity contribution in [3.8, 4) is 0 Å². The van der Waals surface area contributed by atoms with Crippen LogP contribution in [0.1, 0.15) is 79.1 Å². The molecular weight excluding hydrogens is 220 g/mol. The first-order chi connectivity index (χ1) is 8.34. The smallest absolute Gasteiger partial charge is 0.0708 e. The third kappa shape index (κ3) is 2.76. The first-order valence-corrected chi connectivity index (χ1v) is 8.06. The quantitative estimate of drug-likeness (QED) is 0.712. The van der Waals surface area contributed by atoms with E-state index >= 15 is 0 Å². The summed E-state index contributed by atoms with van der Waals surface area (Å²) in [7, 11) is 0. The molecule has 0 saturated heterocycles. The second-order valence-electron chi connectivity index (χ2n) is 8.11. The van der Waals surface area contributed by atoms with Crippen molar-refractivity contribution in [2.45, 2.75) is 84.7 Å². The molecule has 0 bridgehead atoms. The molecule has 2 saturated carbocycles. The van der Waals surface area contributed by atoms with Crippen LogP contribution in [0.3, 0.4) is 0 Å². The van der Waals surface area contributed by atoms with E-state index in [2.05, 4.69) is 27.7 Å². The van der Waals surface area contributed by atoms with E-state index in [-0.39, 0.29) is 11.0 Å². The van der Waals surface area contributed by atoms with Crippen molar-refractivity contribution in [2.75, 3.05) is 0 Å². The Morgan fingerprint density at radius 3 is 2.11 bits per heavy atom. The summed E-state index contributed by atoms with van der Waals surface area (Å²) < 4.78 is 0. The van der Waals surface area contributed by atoms with Gasteiger partial charge in [-0.15, -0.1) is 0 Å². The van der Waals surface area contributed by atoms with Crippen molar-refractivity contribution in [3.63, 3.8) is 0 Å². The third-order valence-corrected chi connectivity index (χ3v) is 5.69. The first kappa shape index (κ1) is 14.4. The second-order valence-corrected chi connectivity index (χ2v) is 8.11. The Morgan fingerprint density at radius 2 is 1.56 bits per heavy atom. The Balaban J connectivity index is 2.15. The lowest BCUT2D eigenvalue weighted by Crippen LogP contribution is -2.52. The number of aliphatic hydroxyl groups is 1. The van der Waals surface area contributed by atoms with Gasteiger partial charge in [-0.25, -0.2) is 0 Å². The van der Waals surface area contributed by atoms with Gasteiger partial charge in [-0.3, -0.25) is 0 Å². The molecule has 0 amide bonds. The van der Waals surface area contributed by atoms with Crippen LogP contribution in [-0.4, -0.2) is 10.7 Å². The van der Waals surface area contributed by atoms with Gasteiger partial charge in [0.2, 0.25) is 0 Å². The van der Waals surface area contributed by atoms with Crippen LogP contribution in [0.4, 0.5) is 0 Å². The van der Waals surface area contributed by atoms with Crippen LogP contribution in [-0.2, 0) is 0 Å². The highest BCUT2D eigenvalue weighted by atomic mass is 16.3. The second kappa shape index (κ2) is 5.15. The van der Waals surface area contributed by atoms with Gasteiger partial charge < -0.3 is 5.11 Å². The standard InChI is InChI=1S/C17H32O/c1-13-8-10-14(11-9-13)17(18)12-6-5-7-15(17)16(2,3)4/h13-15,18H,5-12H2,1-4H3. The van der Waals surface area contributed by atoms with E-state index in [0.717, 1.165) is 12.3 Å². The van der Waals surface area contributed by atoms with E-state index in [1.165, 1.54) is 44.9 Å². The van der Waals surface area contributed by atoms with Crippen LogP contribution in [0.2, 0.25) is 0 Å². The van der Waals surface area contributed by atoms with E-state index in [9.17, 15) is 5.11 Å². The highest BCUT2D eigenvalue weighted by molar-refractivity contribution is 5.00. The van der Waals surface area contributed by atoms with Crippen molar-refractivity contribution < 1.29 is 5.11 Å². The van der Waals surface area contributed by atoms with Crippen LogP contribution < -0.4 is 0 Å². The Morgan fingerprint density at radius 1 is 0.944 bits per heavy atom. The Kier molecular flexibility index (Phi) is 4.11. The number of hydrogen-bond acceptors (Lipinski definition) is 1. The average Bonchev–Trinajstić information content (AvgIpc) is 2.28. The minimum atomic E-state index is -0.364. The lowest BCUT2D eigenvalue weighted by molar-refractivity contribution is -0.138. The average molecular weight is 252 g/mol. The van der Waals surface area contributed by atoms with Crippen LogP contribution in [0.25, 0.3) is 0 Å². The van der Waals surface area contributed by atoms with Crippen molar-refractivity contribution >= 4 is 0 Å². The van der Waals surface area contributed by atoms with E-state index in [1.54, 1.807) is 0 Å². The Labute approximate surface area is 113 Å². The van der Waals surface area contributed by atoms with Gasteiger partial charge in [-0.2, -0.15) is 0 Å². The molecule has 0 aliphatic heterocycles. The zero-order valence-corrected chi connectivity index (χ0v) is 12.8. The molecule has 0 aromatic carbocycles. The van der Waals surface area contributed by atoms with Gasteiger partial charge in [0, 0.05) is 0 Å². The molecule has 0 spiro atoms. The van der Waals surface area contributed by atoms with E-state index < -0.39 is 0 Å². The van der Waals surface area contributed by atoms with E-state index in [0.29, 0.717) is 11.8 Å². The number of rotatable bonds is 1. The number of hydrogen-bond donors (Lipinski definition) is 1. The molecule has 2 aliphatic carbocycles. The molecule has 0 aromatic rings. The zero-order valence-electron chi connectivity index (χ0n) is 12.8. The summed E-state index contributed by atoms with van der Waals surface area (Å²) in [5.74, 6) is 1.94. The fraction of sp³-hybridized carbons (Fsp3) is 1.00. The van der Waals surface area contributed by atoms with E-state index in [4.69, 9.17) is 0 Å². The van der Waals surface area contributed by atoms with Gasteiger partial charge in [0.1, 0.15) is 0 Å². The summed E-state index contributed by atoms with van der Waals surface area (Å²) in [5, 5.41) is 11.4. The van der Waals surface area contributed by atoms with Gasteiger partial charge in [0.05, 0.1) is 5.60 Å². The fourth-order valence-corrected chi connectivity index (χ4v) is 4.61.